The van der Waals surface area contributed by atoms with Crippen LogP contribution in [0.25, 0.3) is 11.3 Å². The van der Waals surface area contributed by atoms with Crippen molar-refractivity contribution in [3.05, 3.63) is 42.7 Å². The van der Waals surface area contributed by atoms with E-state index in [-0.39, 0.29) is 6.04 Å². The molecule has 1 aliphatic rings. The lowest BCUT2D eigenvalue weighted by Crippen LogP contribution is -2.39. The molecule has 3 aromatic rings. The minimum atomic E-state index is -0.339. The monoisotopic (exact) mass is 451 g/mol. The number of morpholine rings is 1. The molecule has 1 saturated heterocycles. The number of nitrogens with zero attached hydrogens (tertiary/aromatic N) is 5. The van der Waals surface area contributed by atoms with Gasteiger partial charge >= 0.3 is 0 Å². The Labute approximate surface area is 193 Å². The van der Waals surface area contributed by atoms with Gasteiger partial charge in [0.15, 0.2) is 5.76 Å². The Balaban J connectivity index is 1.50. The highest BCUT2D eigenvalue weighted by Crippen LogP contribution is 2.28. The van der Waals surface area contributed by atoms with Gasteiger partial charge in [0.1, 0.15) is 12.1 Å². The molecule has 0 radical (unpaired) electrons. The molecule has 10 heteroatoms. The smallest absolute Gasteiger partial charge is 0.298 e. The van der Waals surface area contributed by atoms with Gasteiger partial charge in [-0.3, -0.25) is 0 Å². The standard InChI is InChI=1S/C23H29N7O3/c1-17(16-31)30(9-8-24-2)23-26-15-20(33-23)18-4-3-5-19(14-18)27-22-25-7-6-21(28-22)29-10-12-32-13-11-29/h3-7,14-17,24H,8-13H2,1-2H3,(H,25,27,28). The second-order valence-electron chi connectivity index (χ2n) is 7.72. The van der Waals surface area contributed by atoms with Crippen LogP contribution in [0.2, 0.25) is 0 Å². The molecule has 3 heterocycles. The zero-order valence-electron chi connectivity index (χ0n) is 18.9. The van der Waals surface area contributed by atoms with E-state index in [1.54, 1.807) is 12.4 Å². The van der Waals surface area contributed by atoms with Gasteiger partial charge < -0.3 is 34.4 Å². The van der Waals surface area contributed by atoms with Crippen molar-refractivity contribution in [2.75, 3.05) is 61.6 Å². The van der Waals surface area contributed by atoms with E-state index in [1.807, 2.05) is 49.2 Å². The van der Waals surface area contributed by atoms with Crippen molar-refractivity contribution in [1.82, 2.24) is 20.3 Å². The highest BCUT2D eigenvalue weighted by Gasteiger charge is 2.19. The van der Waals surface area contributed by atoms with Gasteiger partial charge in [-0.2, -0.15) is 4.98 Å². The molecule has 1 atom stereocenters. The number of likely N-dealkylation sites (N-methyl/N-ethyl adjacent to an activating group) is 1. The van der Waals surface area contributed by atoms with E-state index in [0.29, 0.717) is 44.0 Å². The molecule has 0 bridgehead atoms. The maximum absolute atomic E-state index is 11.3. The van der Waals surface area contributed by atoms with Crippen LogP contribution in [0.1, 0.15) is 6.92 Å². The number of hydrogen-bond donors (Lipinski definition) is 2. The first-order valence-electron chi connectivity index (χ1n) is 11.0. The number of ether oxygens (including phenoxy) is 1. The lowest BCUT2D eigenvalue weighted by molar-refractivity contribution is -0.108. The molecule has 1 fully saturated rings. The number of aldehydes is 1. The van der Waals surface area contributed by atoms with Gasteiger partial charge in [0, 0.05) is 43.6 Å². The van der Waals surface area contributed by atoms with Crippen LogP contribution < -0.4 is 20.4 Å². The molecule has 1 aromatic carbocycles. The summed E-state index contributed by atoms with van der Waals surface area (Å²) in [5, 5.41) is 6.36. The van der Waals surface area contributed by atoms with Gasteiger partial charge in [0.2, 0.25) is 5.95 Å². The lowest BCUT2D eigenvalue weighted by atomic mass is 10.1. The third-order valence-corrected chi connectivity index (χ3v) is 5.41. The van der Waals surface area contributed by atoms with E-state index in [0.717, 1.165) is 36.4 Å². The normalized spacial score (nSPS) is 14.7. The fraction of sp³-hybridized carbons (Fsp3) is 0.391. The number of carbonyl (C=O) groups is 1. The molecule has 1 aliphatic heterocycles. The maximum Gasteiger partial charge on any atom is 0.298 e. The molecular formula is C23H29N7O3. The van der Waals surface area contributed by atoms with Crippen LogP contribution in [-0.2, 0) is 9.53 Å². The van der Waals surface area contributed by atoms with Crippen molar-refractivity contribution >= 4 is 29.8 Å². The summed E-state index contributed by atoms with van der Waals surface area (Å²) < 4.78 is 11.4. The minimum Gasteiger partial charge on any atom is -0.423 e. The van der Waals surface area contributed by atoms with Crippen LogP contribution in [0.15, 0.2) is 47.1 Å². The van der Waals surface area contributed by atoms with Crippen molar-refractivity contribution in [2.24, 2.45) is 0 Å². The molecule has 33 heavy (non-hydrogen) atoms. The second kappa shape index (κ2) is 10.9. The van der Waals surface area contributed by atoms with E-state index in [2.05, 4.69) is 30.5 Å². The molecule has 0 saturated carbocycles. The molecule has 4 rings (SSSR count). The molecule has 1 unspecified atom stereocenters. The fourth-order valence-corrected chi connectivity index (χ4v) is 3.57. The second-order valence-corrected chi connectivity index (χ2v) is 7.72. The van der Waals surface area contributed by atoms with Crippen LogP contribution in [-0.4, -0.2) is 73.7 Å². The number of oxazole rings is 1. The third-order valence-electron chi connectivity index (χ3n) is 5.41. The van der Waals surface area contributed by atoms with E-state index in [9.17, 15) is 4.79 Å². The number of nitrogens with one attached hydrogen (secondary N) is 2. The van der Waals surface area contributed by atoms with Crippen LogP contribution in [0.3, 0.4) is 0 Å². The molecule has 2 aromatic heterocycles. The molecule has 0 amide bonds. The minimum absolute atomic E-state index is 0.339. The van der Waals surface area contributed by atoms with Crippen LogP contribution in [0, 0.1) is 0 Å². The number of benzene rings is 1. The van der Waals surface area contributed by atoms with E-state index in [4.69, 9.17) is 9.15 Å². The Morgan fingerprint density at radius 2 is 2.09 bits per heavy atom. The number of hydrogen-bond acceptors (Lipinski definition) is 10. The summed E-state index contributed by atoms with van der Waals surface area (Å²) in [6.07, 6.45) is 4.31. The fourth-order valence-electron chi connectivity index (χ4n) is 3.57. The van der Waals surface area contributed by atoms with Gasteiger partial charge in [-0.25, -0.2) is 9.97 Å². The van der Waals surface area contributed by atoms with Crippen molar-refractivity contribution in [2.45, 2.75) is 13.0 Å². The summed E-state index contributed by atoms with van der Waals surface area (Å²) in [6, 6.07) is 9.76. The van der Waals surface area contributed by atoms with Gasteiger partial charge in [0.05, 0.1) is 25.5 Å². The van der Waals surface area contributed by atoms with Crippen molar-refractivity contribution < 1.29 is 13.9 Å². The first-order chi connectivity index (χ1) is 16.2. The van der Waals surface area contributed by atoms with Crippen molar-refractivity contribution in [3.8, 4) is 11.3 Å². The number of carbonyl (C=O) groups excluding carboxylic acids is 1. The van der Waals surface area contributed by atoms with E-state index in [1.165, 1.54) is 0 Å². The summed E-state index contributed by atoms with van der Waals surface area (Å²) in [7, 11) is 1.86. The first-order valence-corrected chi connectivity index (χ1v) is 11.0. The molecule has 0 aliphatic carbocycles. The Kier molecular flexibility index (Phi) is 7.48. The van der Waals surface area contributed by atoms with Crippen LogP contribution >= 0.6 is 0 Å². The van der Waals surface area contributed by atoms with Gasteiger partial charge in [-0.15, -0.1) is 0 Å². The summed E-state index contributed by atoms with van der Waals surface area (Å²) in [5.74, 6) is 2.01. The third kappa shape index (κ3) is 5.65. The van der Waals surface area contributed by atoms with Gasteiger partial charge in [0.25, 0.3) is 6.01 Å². The molecule has 174 valence electrons. The van der Waals surface area contributed by atoms with Crippen molar-refractivity contribution in [3.63, 3.8) is 0 Å². The summed E-state index contributed by atoms with van der Waals surface area (Å²) in [5.41, 5.74) is 1.69. The quantitative estimate of drug-likeness (QED) is 0.446. The zero-order chi connectivity index (χ0) is 23.0. The average molecular weight is 452 g/mol. The number of rotatable bonds is 10. The van der Waals surface area contributed by atoms with Gasteiger partial charge in [-0.1, -0.05) is 12.1 Å². The van der Waals surface area contributed by atoms with Gasteiger partial charge in [-0.05, 0) is 32.2 Å². The van der Waals surface area contributed by atoms with Crippen LogP contribution in [0.4, 0.5) is 23.5 Å². The topological polar surface area (TPSA) is 109 Å². The number of aromatic nitrogens is 3. The predicted molar refractivity (Wildman–Crippen MR) is 127 cm³/mol. The zero-order valence-corrected chi connectivity index (χ0v) is 18.9. The largest absolute Gasteiger partial charge is 0.423 e. The average Bonchev–Trinajstić information content (AvgIpc) is 3.35. The summed E-state index contributed by atoms with van der Waals surface area (Å²) in [6.45, 7) is 6.16. The molecular weight excluding hydrogens is 422 g/mol. The first kappa shape index (κ1) is 22.7. The highest BCUT2D eigenvalue weighted by atomic mass is 16.5. The molecule has 2 N–H and O–H groups in total. The Hall–Kier alpha value is -3.50. The van der Waals surface area contributed by atoms with E-state index < -0.39 is 0 Å². The Bertz CT molecular complexity index is 1050. The highest BCUT2D eigenvalue weighted by molar-refractivity contribution is 5.67. The summed E-state index contributed by atoms with van der Waals surface area (Å²) in [4.78, 5) is 28.8. The Morgan fingerprint density at radius 1 is 1.24 bits per heavy atom. The maximum atomic E-state index is 11.3. The van der Waals surface area contributed by atoms with Crippen LogP contribution in [0.5, 0.6) is 0 Å². The SMILES string of the molecule is CNCCN(c1ncc(-c2cccc(Nc3nccc(N4CCOCC4)n3)c2)o1)C(C)C=O. The van der Waals surface area contributed by atoms with E-state index >= 15 is 0 Å². The molecule has 10 nitrogen and oxygen atoms in total. The predicted octanol–water partition coefficient (Wildman–Crippen LogP) is 2.33. The summed E-state index contributed by atoms with van der Waals surface area (Å²) >= 11 is 0. The number of anilines is 4. The molecule has 0 spiro atoms. The Morgan fingerprint density at radius 3 is 2.88 bits per heavy atom. The van der Waals surface area contributed by atoms with Crippen molar-refractivity contribution in [1.29, 1.82) is 0 Å². The lowest BCUT2D eigenvalue weighted by Gasteiger charge is -2.27.